The van der Waals surface area contributed by atoms with Crippen LogP contribution in [0.4, 0.5) is 4.39 Å². The standard InChI is InChI=1S/C11H4ClFN2O3/c12-10(18)11(13,5-14)15-8(16)6-3-1-2-4-7(6)9(15)17/h1-4H. The third-order valence-corrected chi connectivity index (χ3v) is 2.76. The van der Waals surface area contributed by atoms with Gasteiger partial charge in [-0.25, -0.2) is 4.90 Å². The Morgan fingerprint density at radius 2 is 1.72 bits per heavy atom. The van der Waals surface area contributed by atoms with Gasteiger partial charge in [0.2, 0.25) is 0 Å². The van der Waals surface area contributed by atoms with Gasteiger partial charge in [0.05, 0.1) is 11.1 Å². The largest absolute Gasteiger partial charge is 0.352 e. The monoisotopic (exact) mass is 266 g/mol. The molecule has 0 aliphatic carbocycles. The van der Waals surface area contributed by atoms with E-state index in [9.17, 15) is 18.8 Å². The maximum atomic E-state index is 14.1. The number of carbonyl (C=O) groups is 3. The van der Waals surface area contributed by atoms with E-state index in [1.807, 2.05) is 0 Å². The fourth-order valence-electron chi connectivity index (χ4n) is 1.65. The zero-order valence-electron chi connectivity index (χ0n) is 8.68. The zero-order chi connectivity index (χ0) is 13.5. The molecule has 1 atom stereocenters. The Labute approximate surface area is 105 Å². The van der Waals surface area contributed by atoms with Gasteiger partial charge in [-0.2, -0.15) is 9.65 Å². The molecule has 1 aliphatic heterocycles. The number of halogens is 2. The van der Waals surface area contributed by atoms with Crippen LogP contribution in [0.5, 0.6) is 0 Å². The van der Waals surface area contributed by atoms with E-state index in [1.165, 1.54) is 24.3 Å². The highest BCUT2D eigenvalue weighted by Gasteiger charge is 2.54. The SMILES string of the molecule is N#CC(F)(C(=O)Cl)N1C(=O)c2ccccc2C1=O. The number of benzene rings is 1. The molecule has 18 heavy (non-hydrogen) atoms. The molecule has 0 fully saturated rings. The van der Waals surface area contributed by atoms with Crippen LogP contribution in [-0.2, 0) is 4.79 Å². The molecule has 1 aliphatic rings. The lowest BCUT2D eigenvalue weighted by atomic mass is 10.1. The van der Waals surface area contributed by atoms with Crippen LogP contribution in [0.2, 0.25) is 0 Å². The van der Waals surface area contributed by atoms with E-state index < -0.39 is 22.8 Å². The molecule has 1 heterocycles. The van der Waals surface area contributed by atoms with Gasteiger partial charge in [-0.3, -0.25) is 14.4 Å². The van der Waals surface area contributed by atoms with Gasteiger partial charge in [0.25, 0.3) is 17.1 Å². The summed E-state index contributed by atoms with van der Waals surface area (Å²) in [6.45, 7) is 0. The van der Waals surface area contributed by atoms with Gasteiger partial charge < -0.3 is 0 Å². The van der Waals surface area contributed by atoms with Crippen molar-refractivity contribution >= 4 is 28.7 Å². The lowest BCUT2D eigenvalue weighted by Crippen LogP contribution is -2.51. The van der Waals surface area contributed by atoms with Crippen molar-refractivity contribution in [3.63, 3.8) is 0 Å². The summed E-state index contributed by atoms with van der Waals surface area (Å²) in [5, 5.41) is 6.92. The van der Waals surface area contributed by atoms with E-state index in [-0.39, 0.29) is 16.0 Å². The first-order valence-electron chi connectivity index (χ1n) is 4.71. The average Bonchev–Trinajstić information content (AvgIpc) is 2.62. The zero-order valence-corrected chi connectivity index (χ0v) is 9.44. The number of amides is 2. The van der Waals surface area contributed by atoms with Crippen LogP contribution in [0.3, 0.4) is 0 Å². The topological polar surface area (TPSA) is 78.2 Å². The normalized spacial score (nSPS) is 17.1. The van der Waals surface area contributed by atoms with E-state index in [0.717, 1.165) is 6.07 Å². The maximum Gasteiger partial charge on any atom is 0.352 e. The van der Waals surface area contributed by atoms with Crippen molar-refractivity contribution in [2.24, 2.45) is 0 Å². The maximum absolute atomic E-state index is 14.1. The molecule has 7 heteroatoms. The first-order chi connectivity index (χ1) is 8.43. The van der Waals surface area contributed by atoms with E-state index in [0.29, 0.717) is 0 Å². The second kappa shape index (κ2) is 3.89. The fourth-order valence-corrected chi connectivity index (χ4v) is 1.78. The highest BCUT2D eigenvalue weighted by atomic mass is 35.5. The molecule has 0 radical (unpaired) electrons. The molecule has 0 bridgehead atoms. The van der Waals surface area contributed by atoms with Crippen molar-refractivity contribution in [1.29, 1.82) is 5.26 Å². The molecule has 90 valence electrons. The first-order valence-corrected chi connectivity index (χ1v) is 5.09. The van der Waals surface area contributed by atoms with E-state index in [2.05, 4.69) is 0 Å². The predicted octanol–water partition coefficient (Wildman–Crippen LogP) is 1.24. The van der Waals surface area contributed by atoms with Crippen molar-refractivity contribution in [3.8, 4) is 6.07 Å². The minimum atomic E-state index is -3.49. The summed E-state index contributed by atoms with van der Waals surface area (Å²) in [6.07, 6.45) is 0. The molecule has 0 spiro atoms. The molecular weight excluding hydrogens is 263 g/mol. The quantitative estimate of drug-likeness (QED) is 0.458. The Morgan fingerprint density at radius 1 is 1.28 bits per heavy atom. The third kappa shape index (κ3) is 1.41. The molecule has 2 rings (SSSR count). The second-order valence-electron chi connectivity index (χ2n) is 3.50. The number of rotatable bonds is 2. The molecule has 0 saturated carbocycles. The van der Waals surface area contributed by atoms with Gasteiger partial charge in [-0.15, -0.1) is 0 Å². The van der Waals surface area contributed by atoms with Gasteiger partial charge >= 0.3 is 5.79 Å². The first kappa shape index (κ1) is 12.2. The van der Waals surface area contributed by atoms with Gasteiger partial charge in [0, 0.05) is 0 Å². The summed E-state index contributed by atoms with van der Waals surface area (Å²) in [4.78, 5) is 34.5. The van der Waals surface area contributed by atoms with Crippen molar-refractivity contribution in [2.75, 3.05) is 0 Å². The number of alkyl halides is 1. The number of nitrogens with zero attached hydrogens (tertiary/aromatic N) is 2. The highest BCUT2D eigenvalue weighted by molar-refractivity contribution is 6.66. The molecule has 0 aromatic heterocycles. The summed E-state index contributed by atoms with van der Waals surface area (Å²) >= 11 is 4.96. The summed E-state index contributed by atoms with van der Waals surface area (Å²) in [7, 11) is 0. The van der Waals surface area contributed by atoms with Crippen molar-refractivity contribution < 1.29 is 18.8 Å². The third-order valence-electron chi connectivity index (χ3n) is 2.51. The minimum Gasteiger partial charge on any atom is -0.274 e. The summed E-state index contributed by atoms with van der Waals surface area (Å²) in [6, 6.07) is 6.50. The molecular formula is C11H4ClFN2O3. The Morgan fingerprint density at radius 3 is 2.06 bits per heavy atom. The average molecular weight is 267 g/mol. The summed E-state index contributed by atoms with van der Waals surface area (Å²) in [5.74, 6) is -5.61. The molecule has 1 unspecified atom stereocenters. The van der Waals surface area contributed by atoms with Crippen LogP contribution < -0.4 is 0 Å². The lowest BCUT2D eigenvalue weighted by Gasteiger charge is -2.22. The fraction of sp³-hybridized carbons (Fsp3) is 0.0909. The van der Waals surface area contributed by atoms with Gasteiger partial charge in [-0.1, -0.05) is 12.1 Å². The number of hydrogen-bond donors (Lipinski definition) is 0. The van der Waals surface area contributed by atoms with E-state index >= 15 is 0 Å². The van der Waals surface area contributed by atoms with Gasteiger partial charge in [-0.05, 0) is 23.7 Å². The second-order valence-corrected chi connectivity index (χ2v) is 3.84. The summed E-state index contributed by atoms with van der Waals surface area (Å²) in [5.41, 5.74) is -0.143. The van der Waals surface area contributed by atoms with Crippen LogP contribution >= 0.6 is 11.6 Å². The number of nitriles is 1. The smallest absolute Gasteiger partial charge is 0.274 e. The van der Waals surface area contributed by atoms with Crippen molar-refractivity contribution in [2.45, 2.75) is 5.79 Å². The predicted molar refractivity (Wildman–Crippen MR) is 57.3 cm³/mol. The highest BCUT2D eigenvalue weighted by Crippen LogP contribution is 2.31. The molecule has 2 amide bonds. The van der Waals surface area contributed by atoms with E-state index in [1.54, 1.807) is 0 Å². The Balaban J connectivity index is 2.60. The molecule has 0 N–H and O–H groups in total. The number of hydrogen-bond acceptors (Lipinski definition) is 4. The van der Waals surface area contributed by atoms with Crippen LogP contribution in [0.25, 0.3) is 0 Å². The number of carbonyl (C=O) groups excluding carboxylic acids is 3. The lowest BCUT2D eigenvalue weighted by molar-refractivity contribution is -0.124. The molecule has 5 nitrogen and oxygen atoms in total. The van der Waals surface area contributed by atoms with Crippen LogP contribution in [0.1, 0.15) is 20.7 Å². The van der Waals surface area contributed by atoms with Crippen LogP contribution in [0.15, 0.2) is 24.3 Å². The number of imide groups is 1. The molecule has 1 aromatic carbocycles. The van der Waals surface area contributed by atoms with Gasteiger partial charge in [0.15, 0.2) is 0 Å². The minimum absolute atomic E-state index is 0.0625. The Kier molecular flexibility index (Phi) is 2.64. The Hall–Kier alpha value is -2.26. The molecule has 1 aromatic rings. The van der Waals surface area contributed by atoms with E-state index in [4.69, 9.17) is 16.9 Å². The van der Waals surface area contributed by atoms with Crippen LogP contribution in [0, 0.1) is 11.3 Å². The van der Waals surface area contributed by atoms with Crippen LogP contribution in [-0.4, -0.2) is 27.7 Å². The van der Waals surface area contributed by atoms with Crippen molar-refractivity contribution in [1.82, 2.24) is 4.90 Å². The van der Waals surface area contributed by atoms with Crippen molar-refractivity contribution in [3.05, 3.63) is 35.4 Å². The van der Waals surface area contributed by atoms with Gasteiger partial charge in [0.1, 0.15) is 6.07 Å². The molecule has 0 saturated heterocycles. The number of fused-ring (bicyclic) bond motifs is 1. The summed E-state index contributed by atoms with van der Waals surface area (Å²) < 4.78 is 14.1. The Bertz CT molecular complexity index is 590.